The van der Waals surface area contributed by atoms with E-state index in [1.54, 1.807) is 34.6 Å². The molecule has 0 fully saturated rings. The van der Waals surface area contributed by atoms with Gasteiger partial charge in [-0.3, -0.25) is 4.79 Å². The second-order valence-corrected chi connectivity index (χ2v) is 4.96. The molecule has 0 atom stereocenters. The number of hydrogen-bond acceptors (Lipinski definition) is 4. The van der Waals surface area contributed by atoms with E-state index in [0.29, 0.717) is 11.2 Å². The van der Waals surface area contributed by atoms with Crippen LogP contribution in [0.15, 0.2) is 11.2 Å². The maximum absolute atomic E-state index is 11.2. The maximum atomic E-state index is 11.2. The minimum absolute atomic E-state index is 0.161. The van der Waals surface area contributed by atoms with E-state index in [4.69, 9.17) is 10.4 Å². The molecule has 0 aromatic heterocycles. The number of carbonyl (C=O) groups is 1. The van der Waals surface area contributed by atoms with Crippen LogP contribution in [-0.2, 0) is 9.45 Å². The zero-order chi connectivity index (χ0) is 13.1. The highest BCUT2D eigenvalue weighted by atomic mass is 16.5. The number of rotatable bonds is 5. The van der Waals surface area contributed by atoms with Crippen LogP contribution >= 0.6 is 0 Å². The molecule has 0 rings (SSSR count). The van der Waals surface area contributed by atoms with Crippen LogP contribution in [0, 0.1) is 0 Å². The predicted molar refractivity (Wildman–Crippen MR) is 64.8 cm³/mol. The van der Waals surface area contributed by atoms with Crippen molar-refractivity contribution in [2.24, 2.45) is 5.73 Å². The van der Waals surface area contributed by atoms with Gasteiger partial charge in [-0.2, -0.15) is 0 Å². The van der Waals surface area contributed by atoms with Crippen LogP contribution in [0.1, 0.15) is 41.5 Å². The summed E-state index contributed by atoms with van der Waals surface area (Å²) in [6.45, 7) is 9.83. The molecule has 0 aliphatic heterocycles. The fourth-order valence-electron chi connectivity index (χ4n) is 0.804. The van der Waals surface area contributed by atoms with Gasteiger partial charge in [0.2, 0.25) is 0 Å². The highest BCUT2D eigenvalue weighted by Gasteiger charge is 2.36. The lowest BCUT2D eigenvalue weighted by molar-refractivity contribution is -0.113. The number of allylic oxidation sites excluding steroid dienone is 2. The molecule has 1 radical (unpaired) electrons. The van der Waals surface area contributed by atoms with Gasteiger partial charge in [-0.25, -0.2) is 0 Å². The number of aliphatic hydroxyl groups is 1. The van der Waals surface area contributed by atoms with Crippen molar-refractivity contribution in [3.8, 4) is 0 Å². The quantitative estimate of drug-likeness (QED) is 0.540. The first-order valence-electron chi connectivity index (χ1n) is 5.19. The SMILES string of the molecule is CC(=O)C([B]OC(C)(C)C(C)(C)O)=C(C)N. The Morgan fingerprint density at radius 3 is 1.94 bits per heavy atom. The van der Waals surface area contributed by atoms with E-state index in [-0.39, 0.29) is 5.78 Å². The molecule has 0 spiro atoms. The Balaban J connectivity index is 4.69. The van der Waals surface area contributed by atoms with Crippen molar-refractivity contribution in [3.63, 3.8) is 0 Å². The smallest absolute Gasteiger partial charge is 0.336 e. The molecule has 91 valence electrons. The molecule has 0 unspecified atom stereocenters. The van der Waals surface area contributed by atoms with E-state index in [2.05, 4.69) is 0 Å². The van der Waals surface area contributed by atoms with Gasteiger partial charge in [0.15, 0.2) is 5.78 Å². The molecule has 0 aromatic carbocycles. The van der Waals surface area contributed by atoms with Gasteiger partial charge < -0.3 is 15.5 Å². The zero-order valence-corrected chi connectivity index (χ0v) is 10.9. The minimum Gasteiger partial charge on any atom is -0.426 e. The van der Waals surface area contributed by atoms with Crippen LogP contribution in [0.3, 0.4) is 0 Å². The fraction of sp³-hybridized carbons (Fsp3) is 0.727. The van der Waals surface area contributed by atoms with Crippen molar-refractivity contribution in [1.29, 1.82) is 0 Å². The zero-order valence-electron chi connectivity index (χ0n) is 10.9. The lowest BCUT2D eigenvalue weighted by Crippen LogP contribution is -2.48. The lowest BCUT2D eigenvalue weighted by Gasteiger charge is -2.37. The number of nitrogens with two attached hydrogens (primary N) is 1. The normalized spacial score (nSPS) is 14.4. The summed E-state index contributed by atoms with van der Waals surface area (Å²) in [7, 11) is 1.32. The highest BCUT2D eigenvalue weighted by molar-refractivity contribution is 6.48. The topological polar surface area (TPSA) is 72.5 Å². The molecular formula is C11H21BNO3. The van der Waals surface area contributed by atoms with Gasteiger partial charge in [0, 0.05) is 11.2 Å². The second kappa shape index (κ2) is 5.02. The van der Waals surface area contributed by atoms with Gasteiger partial charge in [-0.15, -0.1) is 0 Å². The summed E-state index contributed by atoms with van der Waals surface area (Å²) in [5.74, 6) is -0.161. The van der Waals surface area contributed by atoms with Crippen molar-refractivity contribution >= 4 is 13.3 Å². The van der Waals surface area contributed by atoms with E-state index in [1.165, 1.54) is 14.4 Å². The number of carbonyl (C=O) groups excluding carboxylic acids is 1. The minimum atomic E-state index is -1.02. The summed E-state index contributed by atoms with van der Waals surface area (Å²) in [6.07, 6.45) is 0. The number of hydrogen-bond donors (Lipinski definition) is 2. The van der Waals surface area contributed by atoms with Crippen molar-refractivity contribution in [2.45, 2.75) is 52.7 Å². The van der Waals surface area contributed by atoms with E-state index in [1.807, 2.05) is 0 Å². The first-order chi connectivity index (χ1) is 6.99. The van der Waals surface area contributed by atoms with Gasteiger partial charge >= 0.3 is 7.48 Å². The molecule has 0 saturated heterocycles. The molecule has 16 heavy (non-hydrogen) atoms. The molecule has 3 N–H and O–H groups in total. The Labute approximate surface area is 98.1 Å². The van der Waals surface area contributed by atoms with Gasteiger partial charge in [0.25, 0.3) is 0 Å². The van der Waals surface area contributed by atoms with Crippen LogP contribution in [0.5, 0.6) is 0 Å². The van der Waals surface area contributed by atoms with Crippen LogP contribution < -0.4 is 5.73 Å². The maximum Gasteiger partial charge on any atom is 0.336 e. The number of Topliss-reactive ketones (excluding diaryl/α,β-unsaturated/α-hetero) is 1. The Morgan fingerprint density at radius 1 is 1.25 bits per heavy atom. The summed E-state index contributed by atoms with van der Waals surface area (Å²) in [6, 6.07) is 0. The molecule has 0 heterocycles. The second-order valence-electron chi connectivity index (χ2n) is 4.96. The predicted octanol–water partition coefficient (Wildman–Crippen LogP) is 0.951. The highest BCUT2D eigenvalue weighted by Crippen LogP contribution is 2.25. The van der Waals surface area contributed by atoms with Crippen LogP contribution in [0.25, 0.3) is 0 Å². The lowest BCUT2D eigenvalue weighted by atomic mass is 9.79. The summed E-state index contributed by atoms with van der Waals surface area (Å²) in [5, 5.41) is 9.86. The average molecular weight is 226 g/mol. The van der Waals surface area contributed by atoms with Gasteiger partial charge in [0.05, 0.1) is 11.2 Å². The van der Waals surface area contributed by atoms with Crippen LogP contribution in [0.4, 0.5) is 0 Å². The molecule has 0 aliphatic rings. The standard InChI is InChI=1S/C11H21BNO3/c1-7(13)9(8(2)14)12-16-11(5,6)10(3,4)15/h15H,13H2,1-6H3. The molecule has 4 nitrogen and oxygen atoms in total. The molecule has 0 aliphatic carbocycles. The van der Waals surface area contributed by atoms with E-state index < -0.39 is 11.2 Å². The van der Waals surface area contributed by atoms with Crippen molar-refractivity contribution in [1.82, 2.24) is 0 Å². The van der Waals surface area contributed by atoms with E-state index in [9.17, 15) is 9.90 Å². The Hall–Kier alpha value is -0.805. The third kappa shape index (κ3) is 3.98. The largest absolute Gasteiger partial charge is 0.426 e. The summed E-state index contributed by atoms with van der Waals surface area (Å²) in [4.78, 5) is 11.2. The van der Waals surface area contributed by atoms with Gasteiger partial charge in [-0.05, 0) is 41.5 Å². The molecule has 0 bridgehead atoms. The summed E-state index contributed by atoms with van der Waals surface area (Å²) < 4.78 is 5.44. The van der Waals surface area contributed by atoms with Crippen molar-refractivity contribution < 1.29 is 14.6 Å². The van der Waals surface area contributed by atoms with Gasteiger partial charge in [-0.1, -0.05) is 0 Å². The fourth-order valence-corrected chi connectivity index (χ4v) is 0.804. The molecular weight excluding hydrogens is 205 g/mol. The molecule has 0 amide bonds. The van der Waals surface area contributed by atoms with Crippen LogP contribution in [-0.4, -0.2) is 29.6 Å². The Bertz CT molecular complexity index is 299. The third-order valence-electron chi connectivity index (χ3n) is 2.75. The monoisotopic (exact) mass is 226 g/mol. The van der Waals surface area contributed by atoms with Crippen LogP contribution in [0.2, 0.25) is 0 Å². The molecule has 0 saturated carbocycles. The Kier molecular flexibility index (Phi) is 4.76. The van der Waals surface area contributed by atoms with Crippen molar-refractivity contribution in [3.05, 3.63) is 11.2 Å². The Morgan fingerprint density at radius 2 is 1.69 bits per heavy atom. The average Bonchev–Trinajstić information content (AvgIpc) is 1.99. The first-order valence-corrected chi connectivity index (χ1v) is 5.19. The molecule has 0 aromatic rings. The summed E-state index contributed by atoms with van der Waals surface area (Å²) in [5.41, 5.74) is 4.47. The van der Waals surface area contributed by atoms with Crippen molar-refractivity contribution in [2.75, 3.05) is 0 Å². The number of ketones is 1. The van der Waals surface area contributed by atoms with E-state index in [0.717, 1.165) is 0 Å². The third-order valence-corrected chi connectivity index (χ3v) is 2.75. The summed E-state index contributed by atoms with van der Waals surface area (Å²) >= 11 is 0. The molecule has 5 heteroatoms. The first kappa shape index (κ1) is 15.2. The van der Waals surface area contributed by atoms with E-state index >= 15 is 0 Å². The van der Waals surface area contributed by atoms with Gasteiger partial charge in [0.1, 0.15) is 0 Å².